The van der Waals surface area contributed by atoms with Gasteiger partial charge in [0.2, 0.25) is 0 Å². The first-order valence-corrected chi connectivity index (χ1v) is 5.29. The molecule has 0 unspecified atom stereocenters. The molecule has 0 saturated carbocycles. The predicted molar refractivity (Wildman–Crippen MR) is 47.8 cm³/mol. The molecule has 0 saturated heterocycles. The average molecular weight is 224 g/mol. The zero-order valence-corrected chi connectivity index (χ0v) is 10.7. The third-order valence-corrected chi connectivity index (χ3v) is 1.69. The van der Waals surface area contributed by atoms with Gasteiger partial charge in [-0.25, -0.2) is 4.79 Å². The van der Waals surface area contributed by atoms with Crippen molar-refractivity contribution >= 4 is 16.1 Å². The molecule has 1 rings (SSSR count). The zero-order chi connectivity index (χ0) is 9.90. The molecule has 0 aliphatic heterocycles. The van der Waals surface area contributed by atoms with Crippen LogP contribution in [0.15, 0.2) is 30.3 Å². The molecule has 6 heteroatoms. The van der Waals surface area contributed by atoms with Crippen molar-refractivity contribution in [3.8, 4) is 0 Å². The predicted octanol–water partition coefficient (Wildman–Crippen LogP) is -2.08. The van der Waals surface area contributed by atoms with Gasteiger partial charge in [0, 0.05) is 0 Å². The smallest absolute Gasteiger partial charge is 1.00 e. The summed E-state index contributed by atoms with van der Waals surface area (Å²) in [6, 6.07) is 7.93. The maximum Gasteiger partial charge on any atom is 1.00 e. The van der Waals surface area contributed by atoms with Crippen molar-refractivity contribution < 1.29 is 48.4 Å². The van der Waals surface area contributed by atoms with E-state index in [1.165, 1.54) is 12.1 Å². The molecule has 0 fully saturated rings. The third kappa shape index (κ3) is 4.76. The summed E-state index contributed by atoms with van der Waals surface area (Å²) in [4.78, 5) is 11.1. The van der Waals surface area contributed by atoms with E-state index in [1.54, 1.807) is 18.2 Å². The van der Waals surface area contributed by atoms with Gasteiger partial charge in [-0.2, -0.15) is 8.42 Å². The summed E-state index contributed by atoms with van der Waals surface area (Å²) < 4.78 is 25.3. The molecule has 0 amide bonds. The molecule has 0 aromatic heterocycles. The van der Waals surface area contributed by atoms with Crippen LogP contribution in [0, 0.1) is 0 Å². The van der Waals surface area contributed by atoms with E-state index in [-0.39, 0.29) is 36.5 Å². The number of carbonyl (C=O) groups is 1. The van der Waals surface area contributed by atoms with Crippen LogP contribution in [0.25, 0.3) is 0 Å². The Bertz CT molecular complexity index is 404. The van der Waals surface area contributed by atoms with E-state index in [0.29, 0.717) is 0 Å². The van der Waals surface area contributed by atoms with Gasteiger partial charge in [-0.05, 0) is 12.1 Å². The van der Waals surface area contributed by atoms with Crippen LogP contribution < -0.4 is 29.6 Å². The summed E-state index contributed by atoms with van der Waals surface area (Å²) >= 11 is 0. The van der Waals surface area contributed by atoms with Crippen LogP contribution in [0.5, 0.6) is 0 Å². The molecule has 0 N–H and O–H groups in total. The third-order valence-electron chi connectivity index (χ3n) is 1.24. The maximum atomic E-state index is 11.1. The van der Waals surface area contributed by atoms with Gasteiger partial charge in [0.25, 0.3) is 0 Å². The van der Waals surface area contributed by atoms with Gasteiger partial charge in [0.1, 0.15) is 0 Å². The summed E-state index contributed by atoms with van der Waals surface area (Å²) in [5.41, 5.74) is 0.216. The molecular weight excluding hydrogens is 215 g/mol. The minimum atomic E-state index is -3.72. The largest absolute Gasteiger partial charge is 1.00 e. The van der Waals surface area contributed by atoms with Crippen LogP contribution in [-0.4, -0.2) is 20.6 Å². The molecule has 0 aliphatic carbocycles. The fourth-order valence-electron chi connectivity index (χ4n) is 0.760. The van der Waals surface area contributed by atoms with Crippen molar-refractivity contribution in [1.82, 2.24) is 0 Å². The van der Waals surface area contributed by atoms with Gasteiger partial charge in [-0.15, -0.1) is 0 Å². The van der Waals surface area contributed by atoms with Crippen molar-refractivity contribution in [1.29, 1.82) is 0 Å². The van der Waals surface area contributed by atoms with E-state index in [2.05, 4.69) is 4.18 Å². The first kappa shape index (κ1) is 13.6. The van der Waals surface area contributed by atoms with E-state index in [4.69, 9.17) is 0 Å². The van der Waals surface area contributed by atoms with E-state index in [9.17, 15) is 13.2 Å². The Hall–Kier alpha value is -0.360. The van der Waals surface area contributed by atoms with E-state index in [1.807, 2.05) is 0 Å². The summed E-state index contributed by atoms with van der Waals surface area (Å²) in [6.07, 6.45) is 0.827. The summed E-state index contributed by atoms with van der Waals surface area (Å²) in [5, 5.41) is 0. The van der Waals surface area contributed by atoms with Crippen molar-refractivity contribution in [2.24, 2.45) is 0 Å². The van der Waals surface area contributed by atoms with Gasteiger partial charge < -0.3 is 5.61 Å². The Morgan fingerprint density at radius 2 is 1.79 bits per heavy atom. The van der Waals surface area contributed by atoms with Crippen LogP contribution in [-0.2, 0) is 14.3 Å². The Morgan fingerprint density at radius 3 is 2.21 bits per heavy atom. The Labute approximate surface area is 106 Å². The number of hydrogen-bond donors (Lipinski definition) is 0. The van der Waals surface area contributed by atoms with Gasteiger partial charge in [-0.3, -0.25) is 0 Å². The molecule has 0 radical (unpaired) electrons. The second kappa shape index (κ2) is 5.50. The Morgan fingerprint density at radius 1 is 1.29 bits per heavy atom. The molecule has 0 heterocycles. The summed E-state index contributed by atoms with van der Waals surface area (Å²) in [6.45, 7) is 0. The minimum Gasteiger partial charge on any atom is -1.00 e. The van der Waals surface area contributed by atoms with Crippen molar-refractivity contribution in [3.63, 3.8) is 0 Å². The Kier molecular flexibility index (Phi) is 5.36. The summed E-state index contributed by atoms with van der Waals surface area (Å²) in [5.74, 6) is -0.858. The fraction of sp³-hybridized carbons (Fsp3) is 0.125. The quantitative estimate of drug-likeness (QED) is 0.427. The molecule has 14 heavy (non-hydrogen) atoms. The van der Waals surface area contributed by atoms with Crippen LogP contribution in [0.4, 0.5) is 0 Å². The van der Waals surface area contributed by atoms with Crippen LogP contribution in [0.3, 0.4) is 0 Å². The van der Waals surface area contributed by atoms with Gasteiger partial charge in [0.15, 0.2) is 0 Å². The van der Waals surface area contributed by atoms with Gasteiger partial charge >= 0.3 is 45.6 Å². The van der Waals surface area contributed by atoms with Gasteiger partial charge in [-0.1, -0.05) is 18.2 Å². The molecule has 0 aliphatic rings. The first-order chi connectivity index (χ1) is 5.99. The number of carbonyl (C=O) groups excluding carboxylic acids is 1. The molecule has 0 spiro atoms. The topological polar surface area (TPSA) is 60.4 Å². The first-order valence-electron chi connectivity index (χ1n) is 3.48. The maximum absolute atomic E-state index is 11.1. The molecular formula is C8H9NaO4S. The number of rotatable bonds is 2. The van der Waals surface area contributed by atoms with Gasteiger partial charge in [0.05, 0.1) is 11.8 Å². The van der Waals surface area contributed by atoms with Crippen molar-refractivity contribution in [2.75, 3.05) is 6.26 Å². The summed E-state index contributed by atoms with van der Waals surface area (Å²) in [7, 11) is -3.72. The van der Waals surface area contributed by atoms with Crippen molar-refractivity contribution in [2.45, 2.75) is 0 Å². The normalized spacial score (nSPS) is 10.1. The second-order valence-corrected chi connectivity index (χ2v) is 4.02. The molecule has 1 aromatic carbocycles. The van der Waals surface area contributed by atoms with E-state index < -0.39 is 16.1 Å². The zero-order valence-electron chi connectivity index (χ0n) is 8.93. The van der Waals surface area contributed by atoms with Crippen molar-refractivity contribution in [3.05, 3.63) is 35.9 Å². The van der Waals surface area contributed by atoms with Crippen LogP contribution >= 0.6 is 0 Å². The van der Waals surface area contributed by atoms with E-state index >= 15 is 0 Å². The second-order valence-electron chi connectivity index (χ2n) is 2.44. The minimum absolute atomic E-state index is 0. The molecule has 4 nitrogen and oxygen atoms in total. The van der Waals surface area contributed by atoms with E-state index in [0.717, 1.165) is 6.26 Å². The monoisotopic (exact) mass is 224 g/mol. The van der Waals surface area contributed by atoms with Crippen LogP contribution in [0.1, 0.15) is 11.8 Å². The standard InChI is InChI=1S/C8H8O4S.Na.H/c1-13(10,11)12-8(9)7-5-3-2-4-6-7;;/h2-6H,1H3;;/q;+1;-1. The number of benzene rings is 1. The fourth-order valence-corrected chi connectivity index (χ4v) is 1.13. The Balaban J connectivity index is 0. The molecule has 1 aromatic rings. The molecule has 72 valence electrons. The molecule has 0 bridgehead atoms. The average Bonchev–Trinajstić information content (AvgIpc) is 2.03. The van der Waals surface area contributed by atoms with Crippen LogP contribution in [0.2, 0.25) is 0 Å². The molecule has 0 atom stereocenters. The number of hydrogen-bond acceptors (Lipinski definition) is 4. The SMILES string of the molecule is CS(=O)(=O)OC(=O)c1ccccc1.[H-].[Na+].